The van der Waals surface area contributed by atoms with Gasteiger partial charge in [-0.1, -0.05) is 25.5 Å². The third-order valence-electron chi connectivity index (χ3n) is 2.52. The average molecular weight is 235 g/mol. The summed E-state index contributed by atoms with van der Waals surface area (Å²) in [5.74, 6) is 1.88. The Bertz CT molecular complexity index is 407. The highest BCUT2D eigenvalue weighted by Crippen LogP contribution is 2.09. The molecular formula is C11H15N4S. The maximum absolute atomic E-state index is 4.90. The van der Waals surface area contributed by atoms with Gasteiger partial charge >= 0.3 is 0 Å². The second-order valence-corrected chi connectivity index (χ2v) is 4.22. The average Bonchev–Trinajstić information content (AvgIpc) is 2.71. The number of nitrogens with one attached hydrogen (secondary N) is 1. The number of imidazole rings is 1. The van der Waals surface area contributed by atoms with Gasteiger partial charge in [0.05, 0.1) is 6.20 Å². The number of hydrogen-bond donors (Lipinski definition) is 1. The topological polar surface area (TPSA) is 54.5 Å². The molecule has 0 unspecified atom stereocenters. The summed E-state index contributed by atoms with van der Waals surface area (Å²) in [6.45, 7) is 0. The molecule has 4 nitrogen and oxygen atoms in total. The van der Waals surface area contributed by atoms with Crippen LogP contribution in [0, 0.1) is 0 Å². The van der Waals surface area contributed by atoms with E-state index in [1.54, 1.807) is 6.20 Å². The second kappa shape index (κ2) is 5.84. The van der Waals surface area contributed by atoms with Crippen molar-refractivity contribution in [2.24, 2.45) is 0 Å². The van der Waals surface area contributed by atoms with E-state index in [9.17, 15) is 0 Å². The van der Waals surface area contributed by atoms with E-state index in [1.807, 2.05) is 0 Å². The highest BCUT2D eigenvalue weighted by atomic mass is 32.1. The number of fused-ring (bicyclic) bond motifs is 1. The molecule has 2 aromatic rings. The molecule has 0 aliphatic rings. The molecule has 0 aliphatic heterocycles. The van der Waals surface area contributed by atoms with Crippen molar-refractivity contribution in [3.05, 3.63) is 18.3 Å². The third kappa shape index (κ3) is 2.95. The summed E-state index contributed by atoms with van der Waals surface area (Å²) in [5.41, 5.74) is 1.68. The monoisotopic (exact) mass is 235 g/mol. The molecule has 5 heteroatoms. The summed E-state index contributed by atoms with van der Waals surface area (Å²) < 4.78 is 0. The Labute approximate surface area is 100 Å². The molecule has 2 rings (SSSR count). The van der Waals surface area contributed by atoms with Crippen LogP contribution in [-0.2, 0) is 6.42 Å². The van der Waals surface area contributed by atoms with Gasteiger partial charge in [-0.25, -0.2) is 15.0 Å². The number of nitrogens with zero attached hydrogens (tertiary/aromatic N) is 3. The van der Waals surface area contributed by atoms with Crippen LogP contribution in [0.3, 0.4) is 0 Å². The molecule has 0 amide bonds. The fourth-order valence-electron chi connectivity index (χ4n) is 1.68. The molecule has 0 atom stereocenters. The van der Waals surface area contributed by atoms with E-state index in [-0.39, 0.29) is 0 Å². The van der Waals surface area contributed by atoms with Gasteiger partial charge in [0.1, 0.15) is 17.7 Å². The fraction of sp³-hybridized carbons (Fsp3) is 0.545. The smallest absolute Gasteiger partial charge is 0.180 e. The zero-order chi connectivity index (χ0) is 11.2. The van der Waals surface area contributed by atoms with Crippen LogP contribution in [-0.4, -0.2) is 25.7 Å². The number of rotatable bonds is 6. The molecule has 2 heterocycles. The van der Waals surface area contributed by atoms with Gasteiger partial charge in [-0.3, -0.25) is 0 Å². The standard InChI is InChI=1S/C11H15N4S/c16-6-4-2-1-3-5-10-14-9-7-12-8-13-11(9)15-10/h7-8H,1-6H2,(H,12,13,14,15). The normalized spacial score (nSPS) is 11.1. The van der Waals surface area contributed by atoms with Gasteiger partial charge in [-0.2, -0.15) is 0 Å². The zero-order valence-electron chi connectivity index (χ0n) is 9.15. The molecule has 1 radical (unpaired) electrons. The minimum absolute atomic E-state index is 0.760. The van der Waals surface area contributed by atoms with Gasteiger partial charge in [0.15, 0.2) is 5.65 Å². The first-order valence-electron chi connectivity index (χ1n) is 5.63. The van der Waals surface area contributed by atoms with Crippen LogP contribution in [0.2, 0.25) is 0 Å². The van der Waals surface area contributed by atoms with Crippen molar-refractivity contribution in [3.8, 4) is 0 Å². The minimum Gasteiger partial charge on any atom is -0.339 e. The Morgan fingerprint density at radius 3 is 2.88 bits per heavy atom. The van der Waals surface area contributed by atoms with Crippen LogP contribution in [0.4, 0.5) is 0 Å². The molecule has 0 fully saturated rings. The molecule has 0 aliphatic carbocycles. The van der Waals surface area contributed by atoms with Crippen molar-refractivity contribution in [1.29, 1.82) is 0 Å². The largest absolute Gasteiger partial charge is 0.339 e. The molecule has 0 bridgehead atoms. The van der Waals surface area contributed by atoms with Crippen LogP contribution < -0.4 is 0 Å². The Balaban J connectivity index is 1.85. The summed E-state index contributed by atoms with van der Waals surface area (Å²) in [5, 5.41) is 0. The van der Waals surface area contributed by atoms with E-state index in [0.717, 1.165) is 42.0 Å². The summed E-state index contributed by atoms with van der Waals surface area (Å²) in [6, 6.07) is 0. The Morgan fingerprint density at radius 1 is 1.19 bits per heavy atom. The zero-order valence-corrected chi connectivity index (χ0v) is 9.96. The molecule has 1 N–H and O–H groups in total. The summed E-state index contributed by atoms with van der Waals surface area (Å²) in [7, 11) is 0. The van der Waals surface area contributed by atoms with Crippen molar-refractivity contribution in [1.82, 2.24) is 19.9 Å². The summed E-state index contributed by atoms with van der Waals surface area (Å²) in [4.78, 5) is 15.7. The predicted molar refractivity (Wildman–Crippen MR) is 66.3 cm³/mol. The fourth-order valence-corrected chi connectivity index (χ4v) is 1.88. The molecule has 0 spiro atoms. The van der Waals surface area contributed by atoms with Crippen LogP contribution in [0.15, 0.2) is 12.5 Å². The van der Waals surface area contributed by atoms with Crippen LogP contribution in [0.1, 0.15) is 31.5 Å². The first-order chi connectivity index (χ1) is 7.90. The van der Waals surface area contributed by atoms with Gasteiger partial charge < -0.3 is 4.98 Å². The molecule has 2 aromatic heterocycles. The number of hydrogen-bond acceptors (Lipinski definition) is 3. The highest BCUT2D eigenvalue weighted by Gasteiger charge is 2.02. The number of aryl methyl sites for hydroxylation is 1. The van der Waals surface area contributed by atoms with Crippen LogP contribution in [0.5, 0.6) is 0 Å². The number of unbranched alkanes of at least 4 members (excludes halogenated alkanes) is 3. The lowest BCUT2D eigenvalue weighted by Crippen LogP contribution is -1.88. The van der Waals surface area contributed by atoms with Crippen molar-refractivity contribution in [2.75, 3.05) is 5.75 Å². The van der Waals surface area contributed by atoms with Gasteiger partial charge in [-0.05, 0) is 12.8 Å². The van der Waals surface area contributed by atoms with E-state index < -0.39 is 0 Å². The maximum Gasteiger partial charge on any atom is 0.180 e. The SMILES string of the molecule is [S]CCCCCCc1nc2ncncc2[nH]1. The highest BCUT2D eigenvalue weighted by molar-refractivity contribution is 7.80. The Kier molecular flexibility index (Phi) is 4.16. The molecule has 0 saturated carbocycles. The van der Waals surface area contributed by atoms with Gasteiger partial charge in [0.2, 0.25) is 0 Å². The van der Waals surface area contributed by atoms with Crippen molar-refractivity contribution in [3.63, 3.8) is 0 Å². The lowest BCUT2D eigenvalue weighted by Gasteiger charge is -1.96. The van der Waals surface area contributed by atoms with E-state index in [2.05, 4.69) is 19.9 Å². The van der Waals surface area contributed by atoms with Crippen LogP contribution >= 0.6 is 12.6 Å². The summed E-state index contributed by atoms with van der Waals surface area (Å²) >= 11 is 4.90. The Morgan fingerprint density at radius 2 is 2.06 bits per heavy atom. The molecule has 0 saturated heterocycles. The van der Waals surface area contributed by atoms with E-state index >= 15 is 0 Å². The van der Waals surface area contributed by atoms with Crippen LogP contribution in [0.25, 0.3) is 11.2 Å². The second-order valence-electron chi connectivity index (χ2n) is 3.81. The molecule has 85 valence electrons. The molecule has 0 aromatic carbocycles. The number of aromatic amines is 1. The lowest BCUT2D eigenvalue weighted by molar-refractivity contribution is 0.659. The van der Waals surface area contributed by atoms with E-state index in [4.69, 9.17) is 12.6 Å². The van der Waals surface area contributed by atoms with E-state index in [1.165, 1.54) is 19.2 Å². The van der Waals surface area contributed by atoms with Crippen molar-refractivity contribution in [2.45, 2.75) is 32.1 Å². The van der Waals surface area contributed by atoms with Crippen molar-refractivity contribution < 1.29 is 0 Å². The molecular weight excluding hydrogens is 220 g/mol. The number of aromatic nitrogens is 4. The van der Waals surface area contributed by atoms with Crippen molar-refractivity contribution >= 4 is 23.8 Å². The first kappa shape index (κ1) is 11.4. The minimum atomic E-state index is 0.760. The number of H-pyrrole nitrogens is 1. The third-order valence-corrected chi connectivity index (χ3v) is 2.81. The summed E-state index contributed by atoms with van der Waals surface area (Å²) in [6.07, 6.45) is 9.02. The van der Waals surface area contributed by atoms with E-state index in [0.29, 0.717) is 0 Å². The van der Waals surface area contributed by atoms with Gasteiger partial charge in [-0.15, -0.1) is 0 Å². The first-order valence-corrected chi connectivity index (χ1v) is 6.20. The molecule has 16 heavy (non-hydrogen) atoms. The predicted octanol–water partition coefficient (Wildman–Crippen LogP) is 2.65. The maximum atomic E-state index is 4.90. The van der Waals surface area contributed by atoms with Gasteiger partial charge in [0, 0.05) is 12.2 Å². The Hall–Kier alpha value is -1.10. The quantitative estimate of drug-likeness (QED) is 0.783. The van der Waals surface area contributed by atoms with Gasteiger partial charge in [0.25, 0.3) is 0 Å². The lowest BCUT2D eigenvalue weighted by atomic mass is 10.1.